The second-order valence-electron chi connectivity index (χ2n) is 5.77. The number of oxazole rings is 1. The Morgan fingerprint density at radius 3 is 2.58 bits per heavy atom. The average Bonchev–Trinajstić information content (AvgIpc) is 3.05. The number of aryl methyl sites for hydroxylation is 1. The van der Waals surface area contributed by atoms with Crippen LogP contribution in [0.15, 0.2) is 46.9 Å². The second kappa shape index (κ2) is 6.82. The molecule has 3 aromatic rings. The van der Waals surface area contributed by atoms with Crippen molar-refractivity contribution in [2.45, 2.75) is 26.4 Å². The van der Waals surface area contributed by atoms with Gasteiger partial charge in [0.2, 0.25) is 5.89 Å². The predicted molar refractivity (Wildman–Crippen MR) is 92.9 cm³/mol. The Balaban J connectivity index is 2.00. The lowest BCUT2D eigenvalue weighted by atomic mass is 10.1. The van der Waals surface area contributed by atoms with Crippen LogP contribution in [-0.4, -0.2) is 23.6 Å². The number of hydrogen-bond donors (Lipinski definition) is 0. The summed E-state index contributed by atoms with van der Waals surface area (Å²) in [4.78, 5) is 16.7. The van der Waals surface area contributed by atoms with Crippen molar-refractivity contribution in [3.05, 3.63) is 48.0 Å². The van der Waals surface area contributed by atoms with Gasteiger partial charge in [-0.1, -0.05) is 19.1 Å². The molecule has 7 heteroatoms. The number of aromatic nitrogens is 1. The van der Waals surface area contributed by atoms with E-state index in [0.29, 0.717) is 27.5 Å². The Hall–Kier alpha value is -2.83. The first kappa shape index (κ1) is 18.0. The standard InChI is InChI=1S/C19H17F3N2O2/c1-3-12-8-9-16-15(10-12)23-17(26-16)13-6-5-7-14(11-13)24(4-2)18(25)19(20,21)22/h5-11H,3-4H2,1-2H3. The summed E-state index contributed by atoms with van der Waals surface area (Å²) >= 11 is 0. The van der Waals surface area contributed by atoms with Crippen LogP contribution in [0.1, 0.15) is 19.4 Å². The van der Waals surface area contributed by atoms with Crippen LogP contribution in [-0.2, 0) is 11.2 Å². The first-order chi connectivity index (χ1) is 12.3. The van der Waals surface area contributed by atoms with Crippen molar-refractivity contribution < 1.29 is 22.4 Å². The minimum Gasteiger partial charge on any atom is -0.436 e. The van der Waals surface area contributed by atoms with Crippen LogP contribution in [0.4, 0.5) is 18.9 Å². The van der Waals surface area contributed by atoms with Gasteiger partial charge < -0.3 is 9.32 Å². The van der Waals surface area contributed by atoms with Crippen molar-refractivity contribution in [3.8, 4) is 11.5 Å². The van der Waals surface area contributed by atoms with E-state index in [2.05, 4.69) is 4.98 Å². The van der Waals surface area contributed by atoms with E-state index in [-0.39, 0.29) is 12.2 Å². The largest absolute Gasteiger partial charge is 0.471 e. The zero-order chi connectivity index (χ0) is 18.9. The number of halogens is 3. The van der Waals surface area contributed by atoms with Gasteiger partial charge in [0.1, 0.15) is 5.52 Å². The van der Waals surface area contributed by atoms with E-state index < -0.39 is 12.1 Å². The summed E-state index contributed by atoms with van der Waals surface area (Å²) in [7, 11) is 0. The first-order valence-electron chi connectivity index (χ1n) is 8.22. The Morgan fingerprint density at radius 2 is 1.92 bits per heavy atom. The molecule has 4 nitrogen and oxygen atoms in total. The number of alkyl halides is 3. The Kier molecular flexibility index (Phi) is 4.71. The van der Waals surface area contributed by atoms with E-state index in [4.69, 9.17) is 4.42 Å². The van der Waals surface area contributed by atoms with Gasteiger partial charge >= 0.3 is 12.1 Å². The van der Waals surface area contributed by atoms with E-state index in [9.17, 15) is 18.0 Å². The topological polar surface area (TPSA) is 46.3 Å². The molecular weight excluding hydrogens is 345 g/mol. The van der Waals surface area contributed by atoms with Crippen molar-refractivity contribution in [2.24, 2.45) is 0 Å². The van der Waals surface area contributed by atoms with Crippen molar-refractivity contribution in [1.82, 2.24) is 4.98 Å². The van der Waals surface area contributed by atoms with Crippen LogP contribution in [0.5, 0.6) is 0 Å². The third-order valence-electron chi connectivity index (χ3n) is 4.07. The molecule has 136 valence electrons. The molecule has 0 bridgehead atoms. The number of hydrogen-bond acceptors (Lipinski definition) is 3. The zero-order valence-corrected chi connectivity index (χ0v) is 14.3. The van der Waals surface area contributed by atoms with Crippen LogP contribution in [0.25, 0.3) is 22.6 Å². The maximum absolute atomic E-state index is 12.8. The number of benzene rings is 2. The summed E-state index contributed by atoms with van der Waals surface area (Å²) in [5.41, 5.74) is 3.04. The molecule has 0 saturated heterocycles. The highest BCUT2D eigenvalue weighted by Gasteiger charge is 2.42. The van der Waals surface area contributed by atoms with Crippen molar-refractivity contribution in [3.63, 3.8) is 0 Å². The lowest BCUT2D eigenvalue weighted by Crippen LogP contribution is -2.41. The highest BCUT2D eigenvalue weighted by molar-refractivity contribution is 5.97. The molecule has 0 unspecified atom stereocenters. The van der Waals surface area contributed by atoms with Crippen molar-refractivity contribution >= 4 is 22.7 Å². The van der Waals surface area contributed by atoms with Crippen LogP contribution in [0.3, 0.4) is 0 Å². The Morgan fingerprint density at radius 1 is 1.15 bits per heavy atom. The molecule has 0 atom stereocenters. The molecule has 0 spiro atoms. The highest BCUT2D eigenvalue weighted by atomic mass is 19.4. The summed E-state index contributed by atoms with van der Waals surface area (Å²) in [6, 6.07) is 11.9. The van der Waals surface area contributed by atoms with E-state index in [1.807, 2.05) is 25.1 Å². The third kappa shape index (κ3) is 3.42. The molecule has 3 rings (SSSR count). The lowest BCUT2D eigenvalue weighted by Gasteiger charge is -2.22. The normalized spacial score (nSPS) is 11.7. The van der Waals surface area contributed by atoms with E-state index in [1.54, 1.807) is 12.1 Å². The number of carbonyl (C=O) groups is 1. The molecule has 0 aliphatic heterocycles. The van der Waals surface area contributed by atoms with Crippen LogP contribution < -0.4 is 4.90 Å². The number of carbonyl (C=O) groups excluding carboxylic acids is 1. The van der Waals surface area contributed by atoms with Gasteiger partial charge in [0, 0.05) is 17.8 Å². The van der Waals surface area contributed by atoms with Gasteiger partial charge in [-0.05, 0) is 49.2 Å². The first-order valence-corrected chi connectivity index (χ1v) is 8.22. The number of anilines is 1. The molecule has 0 fully saturated rings. The van der Waals surface area contributed by atoms with Gasteiger partial charge in [0.15, 0.2) is 5.58 Å². The summed E-state index contributed by atoms with van der Waals surface area (Å²) < 4.78 is 44.1. The molecule has 1 heterocycles. The Bertz CT molecular complexity index is 947. The van der Waals surface area contributed by atoms with Crippen LogP contribution in [0, 0.1) is 0 Å². The van der Waals surface area contributed by atoms with Gasteiger partial charge in [-0.3, -0.25) is 4.79 Å². The van der Waals surface area contributed by atoms with E-state index in [1.165, 1.54) is 19.1 Å². The second-order valence-corrected chi connectivity index (χ2v) is 5.77. The van der Waals surface area contributed by atoms with Crippen molar-refractivity contribution in [2.75, 3.05) is 11.4 Å². The fourth-order valence-corrected chi connectivity index (χ4v) is 2.72. The number of nitrogens with zero attached hydrogens (tertiary/aromatic N) is 2. The van der Waals surface area contributed by atoms with Gasteiger partial charge in [-0.25, -0.2) is 4.98 Å². The molecule has 0 aliphatic carbocycles. The maximum atomic E-state index is 12.8. The van der Waals surface area contributed by atoms with E-state index in [0.717, 1.165) is 12.0 Å². The molecule has 0 aliphatic rings. The summed E-state index contributed by atoms with van der Waals surface area (Å²) in [6.07, 6.45) is -4.07. The minimum absolute atomic E-state index is 0.102. The SMILES string of the molecule is CCc1ccc2oc(-c3cccc(N(CC)C(=O)C(F)(F)F)c3)nc2c1. The quantitative estimate of drug-likeness (QED) is 0.658. The zero-order valence-electron chi connectivity index (χ0n) is 14.3. The molecule has 1 amide bonds. The average molecular weight is 362 g/mol. The smallest absolute Gasteiger partial charge is 0.436 e. The molecule has 2 aromatic carbocycles. The Labute approximate surface area is 148 Å². The minimum atomic E-state index is -4.93. The van der Waals surface area contributed by atoms with Crippen LogP contribution >= 0.6 is 0 Å². The highest BCUT2D eigenvalue weighted by Crippen LogP contribution is 2.30. The van der Waals surface area contributed by atoms with Gasteiger partial charge in [-0.2, -0.15) is 13.2 Å². The van der Waals surface area contributed by atoms with E-state index >= 15 is 0 Å². The van der Waals surface area contributed by atoms with Gasteiger partial charge in [0.25, 0.3) is 0 Å². The third-order valence-corrected chi connectivity index (χ3v) is 4.07. The predicted octanol–water partition coefficient (Wildman–Crippen LogP) is 4.97. The molecular formula is C19H17F3N2O2. The molecule has 0 saturated carbocycles. The van der Waals surface area contributed by atoms with Crippen molar-refractivity contribution in [1.29, 1.82) is 0 Å². The summed E-state index contributed by atoms with van der Waals surface area (Å²) in [6.45, 7) is 3.42. The molecule has 0 radical (unpaired) electrons. The number of rotatable bonds is 4. The molecule has 0 N–H and O–H groups in total. The van der Waals surface area contributed by atoms with Crippen LogP contribution in [0.2, 0.25) is 0 Å². The van der Waals surface area contributed by atoms with Gasteiger partial charge in [0.05, 0.1) is 0 Å². The summed E-state index contributed by atoms with van der Waals surface area (Å²) in [5.74, 6) is -1.60. The maximum Gasteiger partial charge on any atom is 0.471 e. The lowest BCUT2D eigenvalue weighted by molar-refractivity contribution is -0.170. The number of fused-ring (bicyclic) bond motifs is 1. The van der Waals surface area contributed by atoms with Gasteiger partial charge in [-0.15, -0.1) is 0 Å². The molecule has 1 aromatic heterocycles. The monoisotopic (exact) mass is 362 g/mol. The fraction of sp³-hybridized carbons (Fsp3) is 0.263. The molecule has 26 heavy (non-hydrogen) atoms. The fourth-order valence-electron chi connectivity index (χ4n) is 2.72. The summed E-state index contributed by atoms with van der Waals surface area (Å²) in [5, 5.41) is 0. The number of amides is 1.